The molecule has 1 heterocycles. The minimum Gasteiger partial charge on any atom is -0.373 e. The van der Waals surface area contributed by atoms with Crippen LogP contribution in [0.15, 0.2) is 24.3 Å². The van der Waals surface area contributed by atoms with E-state index in [0.717, 1.165) is 18.7 Å². The van der Waals surface area contributed by atoms with Crippen LogP contribution in [0.2, 0.25) is 0 Å². The fourth-order valence-electron chi connectivity index (χ4n) is 2.27. The van der Waals surface area contributed by atoms with Crippen molar-refractivity contribution in [2.24, 2.45) is 5.41 Å². The van der Waals surface area contributed by atoms with E-state index >= 15 is 0 Å². The van der Waals surface area contributed by atoms with E-state index in [4.69, 9.17) is 0 Å². The molecular weight excluding hydrogens is 212 g/mol. The van der Waals surface area contributed by atoms with Gasteiger partial charge in [-0.1, -0.05) is 25.1 Å². The minimum atomic E-state index is -0.0882. The molecule has 90 valence electrons. The number of carbonyl (C=O) groups excluding carboxylic acids is 1. The molecule has 17 heavy (non-hydrogen) atoms. The lowest BCUT2D eigenvalue weighted by atomic mass is 10.1. The van der Waals surface area contributed by atoms with Crippen LogP contribution in [-0.4, -0.2) is 18.5 Å². The maximum atomic E-state index is 12.0. The van der Waals surface area contributed by atoms with Crippen molar-refractivity contribution in [3.05, 3.63) is 29.8 Å². The Morgan fingerprint density at radius 2 is 2.24 bits per heavy atom. The van der Waals surface area contributed by atoms with Gasteiger partial charge in [-0.15, -0.1) is 0 Å². The Bertz CT molecular complexity index is 426. The zero-order valence-electron chi connectivity index (χ0n) is 10.1. The number of amides is 1. The first kappa shape index (κ1) is 10.6. The first-order valence-corrected chi connectivity index (χ1v) is 6.28. The van der Waals surface area contributed by atoms with Crippen molar-refractivity contribution >= 4 is 11.6 Å². The molecule has 1 aromatic rings. The average Bonchev–Trinajstić information content (AvgIpc) is 2.92. The van der Waals surface area contributed by atoms with Crippen LogP contribution in [0.1, 0.15) is 25.3 Å². The molecular formula is C14H18N2O. The molecule has 0 aromatic heterocycles. The number of carbonyl (C=O) groups is 1. The number of para-hydroxylation sites is 1. The minimum absolute atomic E-state index is 0.0882. The van der Waals surface area contributed by atoms with Gasteiger partial charge in [-0.25, -0.2) is 0 Å². The molecule has 1 saturated carbocycles. The molecule has 1 aromatic carbocycles. The van der Waals surface area contributed by atoms with E-state index in [2.05, 4.69) is 23.6 Å². The molecule has 3 rings (SSSR count). The summed E-state index contributed by atoms with van der Waals surface area (Å²) in [6.45, 7) is 3.05. The zero-order valence-corrected chi connectivity index (χ0v) is 10.1. The highest BCUT2D eigenvalue weighted by molar-refractivity contribution is 5.87. The fourth-order valence-corrected chi connectivity index (χ4v) is 2.27. The number of hydrogen-bond acceptors (Lipinski definition) is 2. The van der Waals surface area contributed by atoms with Gasteiger partial charge >= 0.3 is 0 Å². The lowest BCUT2D eigenvalue weighted by Gasteiger charge is -2.14. The van der Waals surface area contributed by atoms with Gasteiger partial charge in [0, 0.05) is 18.7 Å². The van der Waals surface area contributed by atoms with Crippen molar-refractivity contribution in [1.82, 2.24) is 5.32 Å². The summed E-state index contributed by atoms with van der Waals surface area (Å²) in [6.07, 6.45) is 3.29. The maximum Gasteiger partial charge on any atom is 0.242 e. The number of hydrogen-bond donors (Lipinski definition) is 2. The molecule has 1 atom stereocenters. The first-order chi connectivity index (χ1) is 8.16. The third-order valence-corrected chi connectivity index (χ3v) is 3.88. The van der Waals surface area contributed by atoms with Gasteiger partial charge in [0.05, 0.1) is 0 Å². The Hall–Kier alpha value is -1.51. The third kappa shape index (κ3) is 2.14. The van der Waals surface area contributed by atoms with Gasteiger partial charge in [0.2, 0.25) is 5.91 Å². The number of anilines is 1. The SMILES string of the molecule is CC1(CNC(=O)C2Cc3ccccc3N2)CC1. The van der Waals surface area contributed by atoms with Crippen LogP contribution in [0.4, 0.5) is 5.69 Å². The van der Waals surface area contributed by atoms with Crippen LogP contribution in [0, 0.1) is 5.41 Å². The fraction of sp³-hybridized carbons (Fsp3) is 0.500. The van der Waals surface area contributed by atoms with Crippen molar-refractivity contribution in [1.29, 1.82) is 0 Å². The predicted octanol–water partition coefficient (Wildman–Crippen LogP) is 1.94. The Balaban J connectivity index is 1.58. The smallest absolute Gasteiger partial charge is 0.242 e. The number of nitrogens with one attached hydrogen (secondary N) is 2. The topological polar surface area (TPSA) is 41.1 Å². The Morgan fingerprint density at radius 3 is 2.94 bits per heavy atom. The van der Waals surface area contributed by atoms with Gasteiger partial charge in [-0.2, -0.15) is 0 Å². The van der Waals surface area contributed by atoms with Crippen molar-refractivity contribution in [2.45, 2.75) is 32.2 Å². The normalized spacial score (nSPS) is 23.7. The van der Waals surface area contributed by atoms with E-state index in [9.17, 15) is 4.79 Å². The van der Waals surface area contributed by atoms with E-state index in [1.165, 1.54) is 18.4 Å². The summed E-state index contributed by atoms with van der Waals surface area (Å²) in [5.74, 6) is 0.134. The summed E-state index contributed by atoms with van der Waals surface area (Å²) in [4.78, 5) is 12.0. The molecule has 0 radical (unpaired) electrons. The van der Waals surface area contributed by atoms with Crippen molar-refractivity contribution in [3.8, 4) is 0 Å². The molecule has 1 aliphatic heterocycles. The monoisotopic (exact) mass is 230 g/mol. The molecule has 0 saturated heterocycles. The summed E-state index contributed by atoms with van der Waals surface area (Å²) in [5, 5.41) is 6.34. The van der Waals surface area contributed by atoms with Crippen LogP contribution in [0.3, 0.4) is 0 Å². The molecule has 1 aliphatic carbocycles. The third-order valence-electron chi connectivity index (χ3n) is 3.88. The van der Waals surface area contributed by atoms with Crippen LogP contribution < -0.4 is 10.6 Å². The number of rotatable bonds is 3. The Morgan fingerprint density at radius 1 is 1.47 bits per heavy atom. The van der Waals surface area contributed by atoms with Gasteiger partial charge < -0.3 is 10.6 Å². The van der Waals surface area contributed by atoms with E-state index in [1.54, 1.807) is 0 Å². The second kappa shape index (κ2) is 3.76. The summed E-state index contributed by atoms with van der Waals surface area (Å²) < 4.78 is 0. The Kier molecular flexibility index (Phi) is 2.35. The standard InChI is InChI=1S/C14H18N2O/c1-14(6-7-14)9-15-13(17)12-8-10-4-2-3-5-11(10)16-12/h2-5,12,16H,6-9H2,1H3,(H,15,17). The van der Waals surface area contributed by atoms with Crippen LogP contribution in [0.25, 0.3) is 0 Å². The summed E-state index contributed by atoms with van der Waals surface area (Å²) in [5.41, 5.74) is 2.72. The quantitative estimate of drug-likeness (QED) is 0.833. The second-order valence-electron chi connectivity index (χ2n) is 5.59. The van der Waals surface area contributed by atoms with Crippen molar-refractivity contribution in [2.75, 3.05) is 11.9 Å². The molecule has 2 aliphatic rings. The highest BCUT2D eigenvalue weighted by Gasteiger charge is 2.38. The van der Waals surface area contributed by atoms with Crippen LogP contribution in [-0.2, 0) is 11.2 Å². The predicted molar refractivity (Wildman–Crippen MR) is 67.9 cm³/mol. The molecule has 1 amide bonds. The highest BCUT2D eigenvalue weighted by atomic mass is 16.2. The maximum absolute atomic E-state index is 12.0. The lowest BCUT2D eigenvalue weighted by Crippen LogP contribution is -2.40. The molecule has 2 N–H and O–H groups in total. The molecule has 0 spiro atoms. The van der Waals surface area contributed by atoms with Gasteiger partial charge in [0.15, 0.2) is 0 Å². The first-order valence-electron chi connectivity index (χ1n) is 6.28. The van der Waals surface area contributed by atoms with Crippen LogP contribution >= 0.6 is 0 Å². The molecule has 3 nitrogen and oxygen atoms in total. The van der Waals surface area contributed by atoms with Gasteiger partial charge in [-0.3, -0.25) is 4.79 Å². The van der Waals surface area contributed by atoms with Gasteiger partial charge in [0.25, 0.3) is 0 Å². The number of benzene rings is 1. The highest BCUT2D eigenvalue weighted by Crippen LogP contribution is 2.44. The van der Waals surface area contributed by atoms with E-state index in [-0.39, 0.29) is 11.9 Å². The Labute approximate surface area is 102 Å². The molecule has 0 bridgehead atoms. The second-order valence-corrected chi connectivity index (χ2v) is 5.59. The van der Waals surface area contributed by atoms with E-state index in [1.807, 2.05) is 18.2 Å². The number of fused-ring (bicyclic) bond motifs is 1. The average molecular weight is 230 g/mol. The summed E-state index contributed by atoms with van der Waals surface area (Å²) in [7, 11) is 0. The van der Waals surface area contributed by atoms with Gasteiger partial charge in [0.1, 0.15) is 6.04 Å². The molecule has 1 fully saturated rings. The summed E-state index contributed by atoms with van der Waals surface area (Å²) >= 11 is 0. The van der Waals surface area contributed by atoms with Crippen molar-refractivity contribution in [3.63, 3.8) is 0 Å². The van der Waals surface area contributed by atoms with E-state index < -0.39 is 0 Å². The summed E-state index contributed by atoms with van der Waals surface area (Å²) in [6, 6.07) is 8.04. The van der Waals surface area contributed by atoms with Gasteiger partial charge in [-0.05, 0) is 29.9 Å². The largest absolute Gasteiger partial charge is 0.373 e. The zero-order chi connectivity index (χ0) is 11.9. The lowest BCUT2D eigenvalue weighted by molar-refractivity contribution is -0.121. The van der Waals surface area contributed by atoms with Crippen LogP contribution in [0.5, 0.6) is 0 Å². The molecule has 3 heteroatoms. The molecule has 1 unspecified atom stereocenters. The van der Waals surface area contributed by atoms with E-state index in [0.29, 0.717) is 5.41 Å². The van der Waals surface area contributed by atoms with Crippen molar-refractivity contribution < 1.29 is 4.79 Å².